The molecule has 0 unspecified atom stereocenters. The third-order valence-electron chi connectivity index (χ3n) is 1.40. The molecule has 3 nitrogen and oxygen atoms in total. The van der Waals surface area contributed by atoms with E-state index in [-0.39, 0.29) is 5.75 Å². The first-order valence-corrected chi connectivity index (χ1v) is 5.54. The second-order valence-electron chi connectivity index (χ2n) is 2.23. The van der Waals surface area contributed by atoms with Crippen LogP contribution in [0.15, 0.2) is 23.1 Å². The molecule has 0 spiro atoms. The fourth-order valence-electron chi connectivity index (χ4n) is 0.798. The first-order chi connectivity index (χ1) is 5.95. The Morgan fingerprint density at radius 3 is 2.54 bits per heavy atom. The van der Waals surface area contributed by atoms with E-state index in [1.54, 1.807) is 0 Å². The summed E-state index contributed by atoms with van der Waals surface area (Å²) in [5.74, 6) is -0.656. The Balaban J connectivity index is 3.36. The minimum atomic E-state index is -4.05. The molecule has 0 saturated heterocycles. The minimum absolute atomic E-state index is 0.237. The monoisotopic (exact) mass is 224 g/mol. The van der Waals surface area contributed by atoms with Gasteiger partial charge in [-0.2, -0.15) is 0 Å². The van der Waals surface area contributed by atoms with E-state index in [0.29, 0.717) is 0 Å². The van der Waals surface area contributed by atoms with Crippen LogP contribution in [0.4, 0.5) is 4.39 Å². The number of methoxy groups -OCH3 is 1. The number of rotatable bonds is 2. The summed E-state index contributed by atoms with van der Waals surface area (Å²) in [5, 5.41) is 0. The fraction of sp³-hybridized carbons (Fsp3) is 0.143. The molecule has 0 aliphatic rings. The lowest BCUT2D eigenvalue weighted by molar-refractivity contribution is 0.411. The van der Waals surface area contributed by atoms with Crippen molar-refractivity contribution in [3.8, 4) is 5.75 Å². The molecule has 0 atom stereocenters. The van der Waals surface area contributed by atoms with E-state index in [9.17, 15) is 12.8 Å². The molecule has 6 heteroatoms. The Morgan fingerprint density at radius 1 is 1.46 bits per heavy atom. The van der Waals surface area contributed by atoms with Gasteiger partial charge in [0.05, 0.1) is 7.11 Å². The lowest BCUT2D eigenvalue weighted by Crippen LogP contribution is -1.96. The molecule has 0 bridgehead atoms. The van der Waals surface area contributed by atoms with Crippen molar-refractivity contribution in [1.82, 2.24) is 0 Å². The van der Waals surface area contributed by atoms with Gasteiger partial charge in [-0.05, 0) is 12.1 Å². The van der Waals surface area contributed by atoms with Gasteiger partial charge in [0, 0.05) is 16.7 Å². The SMILES string of the molecule is COc1ccc(F)c(S(=O)(=O)Cl)c1. The van der Waals surface area contributed by atoms with Crippen molar-refractivity contribution in [2.24, 2.45) is 0 Å². The van der Waals surface area contributed by atoms with E-state index < -0.39 is 19.8 Å². The van der Waals surface area contributed by atoms with Crippen LogP contribution in [-0.4, -0.2) is 15.5 Å². The molecular formula is C7H6ClFO3S. The first kappa shape index (κ1) is 10.3. The molecule has 0 aliphatic heterocycles. The van der Waals surface area contributed by atoms with Crippen LogP contribution in [0, 0.1) is 5.82 Å². The number of halogens is 2. The van der Waals surface area contributed by atoms with Crippen LogP contribution >= 0.6 is 10.7 Å². The molecule has 1 aromatic carbocycles. The second kappa shape index (κ2) is 3.51. The molecule has 0 amide bonds. The van der Waals surface area contributed by atoms with Gasteiger partial charge in [0.15, 0.2) is 0 Å². The summed E-state index contributed by atoms with van der Waals surface area (Å²) in [6.45, 7) is 0. The van der Waals surface area contributed by atoms with Gasteiger partial charge in [-0.3, -0.25) is 0 Å². The minimum Gasteiger partial charge on any atom is -0.497 e. The predicted octanol–water partition coefficient (Wildman–Crippen LogP) is 1.76. The van der Waals surface area contributed by atoms with Crippen molar-refractivity contribution in [3.05, 3.63) is 24.0 Å². The molecule has 13 heavy (non-hydrogen) atoms. The van der Waals surface area contributed by atoms with Gasteiger partial charge < -0.3 is 4.74 Å². The summed E-state index contributed by atoms with van der Waals surface area (Å²) in [5.41, 5.74) is 0. The van der Waals surface area contributed by atoms with E-state index in [1.165, 1.54) is 13.2 Å². The number of hydrogen-bond acceptors (Lipinski definition) is 3. The molecular weight excluding hydrogens is 219 g/mol. The van der Waals surface area contributed by atoms with Crippen LogP contribution in [0.2, 0.25) is 0 Å². The van der Waals surface area contributed by atoms with Gasteiger partial charge in [-0.1, -0.05) is 0 Å². The number of hydrogen-bond donors (Lipinski definition) is 0. The zero-order valence-corrected chi connectivity index (χ0v) is 8.19. The van der Waals surface area contributed by atoms with Crippen LogP contribution in [0.5, 0.6) is 5.75 Å². The normalized spacial score (nSPS) is 11.3. The van der Waals surface area contributed by atoms with E-state index >= 15 is 0 Å². The Kier molecular flexibility index (Phi) is 2.77. The van der Waals surface area contributed by atoms with Crippen molar-refractivity contribution in [3.63, 3.8) is 0 Å². The highest BCUT2D eigenvalue weighted by Crippen LogP contribution is 2.23. The van der Waals surface area contributed by atoms with Crippen molar-refractivity contribution in [2.75, 3.05) is 7.11 Å². The Hall–Kier alpha value is -0.810. The van der Waals surface area contributed by atoms with Crippen LogP contribution < -0.4 is 4.74 Å². The average molecular weight is 225 g/mol. The van der Waals surface area contributed by atoms with Gasteiger partial charge in [0.2, 0.25) is 0 Å². The highest BCUT2D eigenvalue weighted by molar-refractivity contribution is 8.13. The Morgan fingerprint density at radius 2 is 2.08 bits per heavy atom. The maximum Gasteiger partial charge on any atom is 0.264 e. The standard InChI is InChI=1S/C7H6ClFO3S/c1-12-5-2-3-6(9)7(4-5)13(8,10)11/h2-4H,1H3. The summed E-state index contributed by atoms with van der Waals surface area (Å²) in [7, 11) is 2.27. The van der Waals surface area contributed by atoms with Gasteiger partial charge in [-0.15, -0.1) is 0 Å². The first-order valence-electron chi connectivity index (χ1n) is 3.23. The Bertz CT molecular complexity index is 416. The van der Waals surface area contributed by atoms with Crippen LogP contribution in [-0.2, 0) is 9.05 Å². The van der Waals surface area contributed by atoms with Crippen molar-refractivity contribution in [2.45, 2.75) is 4.90 Å². The summed E-state index contributed by atoms with van der Waals surface area (Å²) in [6, 6.07) is 3.31. The Labute approximate surface area is 79.5 Å². The third kappa shape index (κ3) is 2.32. The number of benzene rings is 1. The largest absolute Gasteiger partial charge is 0.497 e. The average Bonchev–Trinajstić information content (AvgIpc) is 2.03. The molecule has 0 radical (unpaired) electrons. The van der Waals surface area contributed by atoms with E-state index in [2.05, 4.69) is 0 Å². The van der Waals surface area contributed by atoms with Crippen molar-refractivity contribution < 1.29 is 17.5 Å². The van der Waals surface area contributed by atoms with E-state index in [4.69, 9.17) is 15.4 Å². The molecule has 1 rings (SSSR count). The topological polar surface area (TPSA) is 43.4 Å². The van der Waals surface area contributed by atoms with Gasteiger partial charge in [0.1, 0.15) is 16.5 Å². The quantitative estimate of drug-likeness (QED) is 0.719. The summed E-state index contributed by atoms with van der Waals surface area (Å²) in [4.78, 5) is -0.575. The number of ether oxygens (including phenoxy) is 1. The zero-order chi connectivity index (χ0) is 10.1. The molecule has 0 saturated carbocycles. The summed E-state index contributed by atoms with van der Waals surface area (Å²) >= 11 is 0. The third-order valence-corrected chi connectivity index (χ3v) is 2.74. The maximum atomic E-state index is 12.9. The van der Waals surface area contributed by atoms with Gasteiger partial charge in [0.25, 0.3) is 9.05 Å². The maximum absolute atomic E-state index is 12.9. The molecule has 1 aromatic rings. The van der Waals surface area contributed by atoms with E-state index in [0.717, 1.165) is 12.1 Å². The van der Waals surface area contributed by atoms with E-state index in [1.807, 2.05) is 0 Å². The fourth-order valence-corrected chi connectivity index (χ4v) is 1.71. The van der Waals surface area contributed by atoms with Crippen molar-refractivity contribution in [1.29, 1.82) is 0 Å². The second-order valence-corrected chi connectivity index (χ2v) is 4.77. The van der Waals surface area contributed by atoms with Gasteiger partial charge in [-0.25, -0.2) is 12.8 Å². The summed E-state index contributed by atoms with van der Waals surface area (Å²) < 4.78 is 39.2. The van der Waals surface area contributed by atoms with Gasteiger partial charge >= 0.3 is 0 Å². The molecule has 0 aromatic heterocycles. The molecule has 0 fully saturated rings. The zero-order valence-electron chi connectivity index (χ0n) is 6.62. The van der Waals surface area contributed by atoms with Crippen LogP contribution in [0.3, 0.4) is 0 Å². The molecule has 0 aliphatic carbocycles. The molecule has 0 N–H and O–H groups in total. The van der Waals surface area contributed by atoms with Crippen LogP contribution in [0.25, 0.3) is 0 Å². The highest BCUT2D eigenvalue weighted by Gasteiger charge is 2.16. The van der Waals surface area contributed by atoms with Crippen molar-refractivity contribution >= 4 is 19.7 Å². The molecule has 0 heterocycles. The van der Waals surface area contributed by atoms with Crippen LogP contribution in [0.1, 0.15) is 0 Å². The highest BCUT2D eigenvalue weighted by atomic mass is 35.7. The summed E-state index contributed by atoms with van der Waals surface area (Å²) in [6.07, 6.45) is 0. The predicted molar refractivity (Wildman–Crippen MR) is 46.0 cm³/mol. The smallest absolute Gasteiger partial charge is 0.264 e. The lowest BCUT2D eigenvalue weighted by atomic mass is 10.3. The lowest BCUT2D eigenvalue weighted by Gasteiger charge is -2.02. The molecule has 72 valence electrons.